The van der Waals surface area contributed by atoms with Crippen LogP contribution >= 0.6 is 0 Å². The Morgan fingerprint density at radius 3 is 2.54 bits per heavy atom. The first kappa shape index (κ1) is 17.7. The van der Waals surface area contributed by atoms with Gasteiger partial charge in [0, 0.05) is 55.5 Å². The number of amides is 2. The van der Waals surface area contributed by atoms with E-state index < -0.39 is 6.09 Å². The Hall–Kier alpha value is -3.09. The first-order chi connectivity index (χ1) is 12.7. The van der Waals surface area contributed by atoms with Gasteiger partial charge in [0.2, 0.25) is 0 Å². The number of ether oxygens (including phenoxy) is 1. The van der Waals surface area contributed by atoms with Gasteiger partial charge in [0.15, 0.2) is 0 Å². The van der Waals surface area contributed by atoms with Gasteiger partial charge < -0.3 is 14.5 Å². The van der Waals surface area contributed by atoms with E-state index in [1.807, 2.05) is 17.0 Å². The molecule has 1 N–H and O–H groups in total. The van der Waals surface area contributed by atoms with Gasteiger partial charge in [-0.15, -0.1) is 0 Å². The number of rotatable bonds is 4. The molecule has 1 aromatic heterocycles. The maximum Gasteiger partial charge on any atom is 0.411 e. The standard InChI is InChI=1S/C19H22N4O3/c1-2-26-19(25)21-16-5-3-4-15(14-16)18(24)23-12-10-22(11-13-23)17-6-8-20-9-7-17/h3-9,14H,2,10-13H2,1H3,(H,21,25). The second-order valence-corrected chi connectivity index (χ2v) is 5.91. The molecule has 0 radical (unpaired) electrons. The van der Waals surface area contributed by atoms with Gasteiger partial charge >= 0.3 is 6.09 Å². The van der Waals surface area contributed by atoms with Crippen LogP contribution in [0.25, 0.3) is 0 Å². The van der Waals surface area contributed by atoms with Gasteiger partial charge in [-0.3, -0.25) is 15.1 Å². The monoisotopic (exact) mass is 354 g/mol. The number of pyridine rings is 1. The van der Waals surface area contributed by atoms with Crippen molar-refractivity contribution in [2.75, 3.05) is 43.0 Å². The number of piperazine rings is 1. The van der Waals surface area contributed by atoms with Crippen LogP contribution in [0.1, 0.15) is 17.3 Å². The summed E-state index contributed by atoms with van der Waals surface area (Å²) in [6, 6.07) is 10.9. The predicted molar refractivity (Wildman–Crippen MR) is 99.4 cm³/mol. The van der Waals surface area contributed by atoms with Crippen molar-refractivity contribution in [3.63, 3.8) is 0 Å². The molecule has 3 rings (SSSR count). The highest BCUT2D eigenvalue weighted by Gasteiger charge is 2.22. The molecular weight excluding hydrogens is 332 g/mol. The third-order valence-corrected chi connectivity index (χ3v) is 4.23. The van der Waals surface area contributed by atoms with Gasteiger partial charge in [0.1, 0.15) is 0 Å². The zero-order chi connectivity index (χ0) is 18.4. The fourth-order valence-corrected chi connectivity index (χ4v) is 2.92. The van der Waals surface area contributed by atoms with Gasteiger partial charge in [0.25, 0.3) is 5.91 Å². The highest BCUT2D eigenvalue weighted by atomic mass is 16.5. The van der Waals surface area contributed by atoms with E-state index in [1.54, 1.807) is 43.6 Å². The van der Waals surface area contributed by atoms with Crippen LogP contribution < -0.4 is 10.2 Å². The predicted octanol–water partition coefficient (Wildman–Crippen LogP) is 2.61. The molecule has 136 valence electrons. The lowest BCUT2D eigenvalue weighted by atomic mass is 10.1. The number of carbonyl (C=O) groups is 2. The Bertz CT molecular complexity index is 758. The maximum atomic E-state index is 12.8. The Labute approximate surface area is 152 Å². The molecule has 1 aliphatic rings. The number of hydrogen-bond donors (Lipinski definition) is 1. The first-order valence-electron chi connectivity index (χ1n) is 8.65. The summed E-state index contributed by atoms with van der Waals surface area (Å²) in [7, 11) is 0. The van der Waals surface area contributed by atoms with Crippen LogP contribution in [0.3, 0.4) is 0 Å². The van der Waals surface area contributed by atoms with E-state index in [9.17, 15) is 9.59 Å². The summed E-state index contributed by atoms with van der Waals surface area (Å²) in [5.74, 6) is -0.0353. The number of anilines is 2. The van der Waals surface area contributed by atoms with E-state index in [-0.39, 0.29) is 5.91 Å². The molecule has 1 fully saturated rings. The molecule has 2 aromatic rings. The van der Waals surface area contributed by atoms with Gasteiger partial charge in [-0.05, 0) is 37.3 Å². The molecule has 0 aliphatic carbocycles. The molecule has 7 heteroatoms. The zero-order valence-electron chi connectivity index (χ0n) is 14.7. The van der Waals surface area contributed by atoms with Gasteiger partial charge in [-0.2, -0.15) is 0 Å². The van der Waals surface area contributed by atoms with Gasteiger partial charge in [0.05, 0.1) is 6.61 Å². The lowest BCUT2D eigenvalue weighted by Crippen LogP contribution is -2.48. The Morgan fingerprint density at radius 1 is 1.12 bits per heavy atom. The third-order valence-electron chi connectivity index (χ3n) is 4.23. The van der Waals surface area contributed by atoms with E-state index in [4.69, 9.17) is 4.74 Å². The van der Waals surface area contributed by atoms with E-state index in [2.05, 4.69) is 15.2 Å². The molecule has 2 amide bonds. The Kier molecular flexibility index (Phi) is 5.68. The second kappa shape index (κ2) is 8.33. The van der Waals surface area contributed by atoms with Crippen molar-refractivity contribution in [2.24, 2.45) is 0 Å². The normalized spacial score (nSPS) is 14.0. The highest BCUT2D eigenvalue weighted by molar-refractivity contribution is 5.96. The number of aromatic nitrogens is 1. The fourth-order valence-electron chi connectivity index (χ4n) is 2.92. The summed E-state index contributed by atoms with van der Waals surface area (Å²) < 4.78 is 4.86. The van der Waals surface area contributed by atoms with Crippen LogP contribution in [0.15, 0.2) is 48.8 Å². The summed E-state index contributed by atoms with van der Waals surface area (Å²) in [6.45, 7) is 4.89. The van der Waals surface area contributed by atoms with Crippen molar-refractivity contribution in [3.05, 3.63) is 54.4 Å². The Balaban J connectivity index is 1.61. The zero-order valence-corrected chi connectivity index (χ0v) is 14.7. The summed E-state index contributed by atoms with van der Waals surface area (Å²) in [5, 5.41) is 2.62. The SMILES string of the molecule is CCOC(=O)Nc1cccc(C(=O)N2CCN(c3ccncc3)CC2)c1. The van der Waals surface area contributed by atoms with Gasteiger partial charge in [-0.25, -0.2) is 4.79 Å². The lowest BCUT2D eigenvalue weighted by Gasteiger charge is -2.36. The molecule has 1 aliphatic heterocycles. The molecule has 1 saturated heterocycles. The van der Waals surface area contributed by atoms with Gasteiger partial charge in [-0.1, -0.05) is 6.07 Å². The van der Waals surface area contributed by atoms with E-state index in [1.165, 1.54) is 0 Å². The van der Waals surface area contributed by atoms with E-state index in [0.29, 0.717) is 30.9 Å². The third kappa shape index (κ3) is 4.30. The van der Waals surface area contributed by atoms with Crippen molar-refractivity contribution in [2.45, 2.75) is 6.92 Å². The van der Waals surface area contributed by atoms with Crippen molar-refractivity contribution >= 4 is 23.4 Å². The average molecular weight is 354 g/mol. The molecular formula is C19H22N4O3. The number of nitrogens with one attached hydrogen (secondary N) is 1. The maximum absolute atomic E-state index is 12.8. The molecule has 0 saturated carbocycles. The van der Waals surface area contributed by atoms with E-state index >= 15 is 0 Å². The van der Waals surface area contributed by atoms with Crippen LogP contribution in [-0.4, -0.2) is 54.7 Å². The first-order valence-corrected chi connectivity index (χ1v) is 8.65. The molecule has 0 spiro atoms. The molecule has 0 unspecified atom stereocenters. The molecule has 7 nitrogen and oxygen atoms in total. The minimum atomic E-state index is -0.525. The summed E-state index contributed by atoms with van der Waals surface area (Å²) in [6.07, 6.45) is 3.02. The second-order valence-electron chi connectivity index (χ2n) is 5.91. The molecule has 0 bridgehead atoms. The molecule has 2 heterocycles. The molecule has 0 atom stereocenters. The summed E-state index contributed by atoms with van der Waals surface area (Å²) in [5.41, 5.74) is 2.22. The fraction of sp³-hybridized carbons (Fsp3) is 0.316. The number of benzene rings is 1. The lowest BCUT2D eigenvalue weighted by molar-refractivity contribution is 0.0746. The van der Waals surface area contributed by atoms with Crippen molar-refractivity contribution in [1.29, 1.82) is 0 Å². The number of nitrogens with zero attached hydrogens (tertiary/aromatic N) is 3. The largest absolute Gasteiger partial charge is 0.450 e. The highest BCUT2D eigenvalue weighted by Crippen LogP contribution is 2.18. The smallest absolute Gasteiger partial charge is 0.411 e. The van der Waals surface area contributed by atoms with Crippen molar-refractivity contribution < 1.29 is 14.3 Å². The number of hydrogen-bond acceptors (Lipinski definition) is 5. The average Bonchev–Trinajstić information content (AvgIpc) is 2.68. The summed E-state index contributed by atoms with van der Waals surface area (Å²) >= 11 is 0. The minimum absolute atomic E-state index is 0.0353. The molecule has 1 aromatic carbocycles. The van der Waals surface area contributed by atoms with Crippen molar-refractivity contribution in [3.8, 4) is 0 Å². The Morgan fingerprint density at radius 2 is 1.85 bits per heavy atom. The van der Waals surface area contributed by atoms with Crippen LogP contribution in [0.2, 0.25) is 0 Å². The van der Waals surface area contributed by atoms with Crippen LogP contribution in [-0.2, 0) is 4.74 Å². The van der Waals surface area contributed by atoms with E-state index in [0.717, 1.165) is 18.8 Å². The quantitative estimate of drug-likeness (QED) is 0.913. The van der Waals surface area contributed by atoms with Crippen LogP contribution in [0.5, 0.6) is 0 Å². The molecule has 26 heavy (non-hydrogen) atoms. The topological polar surface area (TPSA) is 74.8 Å². The minimum Gasteiger partial charge on any atom is -0.450 e. The van der Waals surface area contributed by atoms with Crippen LogP contribution in [0, 0.1) is 0 Å². The number of carbonyl (C=O) groups excluding carboxylic acids is 2. The van der Waals surface area contributed by atoms with Crippen molar-refractivity contribution in [1.82, 2.24) is 9.88 Å². The van der Waals surface area contributed by atoms with Crippen LogP contribution in [0.4, 0.5) is 16.2 Å². The summed E-state index contributed by atoms with van der Waals surface area (Å²) in [4.78, 5) is 32.4.